The molecule has 5 rings (SSSR count). The molecule has 0 unspecified atom stereocenters. The maximum atomic E-state index is 12.8. The molecule has 0 saturated carbocycles. The van der Waals surface area contributed by atoms with Crippen molar-refractivity contribution in [3.63, 3.8) is 0 Å². The van der Waals surface area contributed by atoms with Crippen LogP contribution in [0.15, 0.2) is 36.4 Å². The van der Waals surface area contributed by atoms with E-state index in [4.69, 9.17) is 4.98 Å². The molecule has 1 N–H and O–H groups in total. The van der Waals surface area contributed by atoms with E-state index in [1.54, 1.807) is 6.92 Å². The van der Waals surface area contributed by atoms with E-state index < -0.39 is 0 Å². The Morgan fingerprint density at radius 2 is 2.00 bits per heavy atom. The standard InChI is InChI=1S/C23H28N4O2/c1-15(28)24-12-21-18-11-17(20-7-4-8-23(29)27(20)21)13-26(14-18)22-10-9-16-5-2-3-6-19(16)25-22/h2-3,5-6,9-10,17-18,20-21H,4,7-8,11-14H2,1H3,(H,24,28)/t17-,18+,20+,21+/m1/s1. The minimum atomic E-state index is -0.0306. The van der Waals surface area contributed by atoms with Crippen LogP contribution < -0.4 is 10.2 Å². The van der Waals surface area contributed by atoms with Gasteiger partial charge in [0.05, 0.1) is 11.6 Å². The van der Waals surface area contributed by atoms with Crippen LogP contribution in [0, 0.1) is 11.8 Å². The Labute approximate surface area is 171 Å². The summed E-state index contributed by atoms with van der Waals surface area (Å²) in [6.45, 7) is 3.92. The number of piperidine rings is 3. The first-order valence-corrected chi connectivity index (χ1v) is 10.8. The zero-order chi connectivity index (χ0) is 20.0. The van der Waals surface area contributed by atoms with Crippen LogP contribution in [0.4, 0.5) is 5.82 Å². The molecule has 1 aromatic carbocycles. The highest BCUT2D eigenvalue weighted by molar-refractivity contribution is 5.80. The predicted octanol–water partition coefficient (Wildman–Crippen LogP) is 2.58. The lowest BCUT2D eigenvalue weighted by atomic mass is 9.72. The molecule has 4 atom stereocenters. The van der Waals surface area contributed by atoms with Crippen molar-refractivity contribution in [2.24, 2.45) is 11.8 Å². The number of anilines is 1. The number of pyridine rings is 1. The van der Waals surface area contributed by atoms with E-state index >= 15 is 0 Å². The highest BCUT2D eigenvalue weighted by Gasteiger charge is 2.49. The van der Waals surface area contributed by atoms with Gasteiger partial charge in [-0.3, -0.25) is 9.59 Å². The van der Waals surface area contributed by atoms with E-state index in [1.807, 2.05) is 12.1 Å². The van der Waals surface area contributed by atoms with E-state index in [2.05, 4.69) is 39.4 Å². The highest BCUT2D eigenvalue weighted by atomic mass is 16.2. The number of nitrogens with zero attached hydrogens (tertiary/aromatic N) is 3. The molecule has 6 heteroatoms. The van der Waals surface area contributed by atoms with E-state index in [-0.39, 0.29) is 23.9 Å². The lowest BCUT2D eigenvalue weighted by Gasteiger charge is -2.56. The lowest BCUT2D eigenvalue weighted by Crippen LogP contribution is -2.67. The zero-order valence-corrected chi connectivity index (χ0v) is 16.9. The lowest BCUT2D eigenvalue weighted by molar-refractivity contribution is -0.149. The summed E-state index contributed by atoms with van der Waals surface area (Å²) in [6.07, 6.45) is 3.81. The smallest absolute Gasteiger partial charge is 0.223 e. The van der Waals surface area contributed by atoms with Crippen LogP contribution in [-0.4, -0.2) is 53.4 Å². The third-order valence-corrected chi connectivity index (χ3v) is 6.96. The van der Waals surface area contributed by atoms with Crippen molar-refractivity contribution in [2.45, 2.75) is 44.7 Å². The first-order chi connectivity index (χ1) is 14.1. The summed E-state index contributed by atoms with van der Waals surface area (Å²) < 4.78 is 0. The number of carbonyl (C=O) groups excluding carboxylic acids is 2. The van der Waals surface area contributed by atoms with Gasteiger partial charge in [0, 0.05) is 44.4 Å². The molecule has 1 aromatic heterocycles. The van der Waals surface area contributed by atoms with Crippen molar-refractivity contribution in [2.75, 3.05) is 24.5 Å². The Bertz CT molecular complexity index is 945. The number of fused-ring (bicyclic) bond motifs is 5. The average molecular weight is 393 g/mol. The first kappa shape index (κ1) is 18.4. The van der Waals surface area contributed by atoms with Crippen LogP contribution in [-0.2, 0) is 9.59 Å². The summed E-state index contributed by atoms with van der Waals surface area (Å²) >= 11 is 0. The highest BCUT2D eigenvalue weighted by Crippen LogP contribution is 2.42. The van der Waals surface area contributed by atoms with Crippen molar-refractivity contribution in [3.05, 3.63) is 36.4 Å². The van der Waals surface area contributed by atoms with Gasteiger partial charge in [-0.25, -0.2) is 4.98 Å². The maximum Gasteiger partial charge on any atom is 0.223 e. The number of aromatic nitrogens is 1. The zero-order valence-electron chi connectivity index (χ0n) is 16.9. The van der Waals surface area contributed by atoms with E-state index in [9.17, 15) is 9.59 Å². The second-order valence-electron chi connectivity index (χ2n) is 8.79. The van der Waals surface area contributed by atoms with Gasteiger partial charge in [-0.05, 0) is 49.3 Å². The molecule has 0 radical (unpaired) electrons. The molecule has 29 heavy (non-hydrogen) atoms. The Hall–Kier alpha value is -2.63. The fraction of sp³-hybridized carbons (Fsp3) is 0.522. The minimum absolute atomic E-state index is 0.0306. The molecule has 3 aliphatic heterocycles. The van der Waals surface area contributed by atoms with Crippen molar-refractivity contribution < 1.29 is 9.59 Å². The molecule has 152 valence electrons. The minimum Gasteiger partial charge on any atom is -0.356 e. The van der Waals surface area contributed by atoms with Crippen molar-refractivity contribution in [1.29, 1.82) is 0 Å². The normalized spacial score (nSPS) is 28.9. The molecule has 0 spiro atoms. The number of hydrogen-bond donors (Lipinski definition) is 1. The second-order valence-corrected chi connectivity index (χ2v) is 8.79. The van der Waals surface area contributed by atoms with Crippen LogP contribution in [0.2, 0.25) is 0 Å². The number of amides is 2. The molecule has 2 aromatic rings. The van der Waals surface area contributed by atoms with Gasteiger partial charge in [0.1, 0.15) is 5.82 Å². The summed E-state index contributed by atoms with van der Waals surface area (Å²) in [6, 6.07) is 12.8. The van der Waals surface area contributed by atoms with Gasteiger partial charge in [-0.15, -0.1) is 0 Å². The third kappa shape index (κ3) is 3.34. The topological polar surface area (TPSA) is 65.5 Å². The van der Waals surface area contributed by atoms with Gasteiger partial charge < -0.3 is 15.1 Å². The van der Waals surface area contributed by atoms with Crippen LogP contribution in [0.1, 0.15) is 32.6 Å². The summed E-state index contributed by atoms with van der Waals surface area (Å²) in [4.78, 5) is 33.8. The molecule has 3 aliphatic rings. The summed E-state index contributed by atoms with van der Waals surface area (Å²) in [5.74, 6) is 2.08. The fourth-order valence-electron chi connectivity index (χ4n) is 5.70. The second kappa shape index (κ2) is 7.32. The van der Waals surface area contributed by atoms with Crippen LogP contribution in [0.3, 0.4) is 0 Å². The summed E-state index contributed by atoms with van der Waals surface area (Å²) in [5, 5.41) is 4.14. The van der Waals surface area contributed by atoms with Gasteiger partial charge >= 0.3 is 0 Å². The Kier molecular flexibility index (Phi) is 4.64. The van der Waals surface area contributed by atoms with Crippen molar-refractivity contribution in [3.8, 4) is 0 Å². The summed E-state index contributed by atoms with van der Waals surface area (Å²) in [5.41, 5.74) is 1.02. The van der Waals surface area contributed by atoms with E-state index in [0.29, 0.717) is 24.8 Å². The molecule has 2 amide bonds. The number of hydrogen-bond acceptors (Lipinski definition) is 4. The fourth-order valence-corrected chi connectivity index (χ4v) is 5.70. The third-order valence-electron chi connectivity index (χ3n) is 6.96. The maximum absolute atomic E-state index is 12.8. The SMILES string of the molecule is CC(=O)NC[C@H]1[C@H]2C[C@H](CN(c3ccc4ccccc4n3)C2)[C@@H]2CCCC(=O)N21. The van der Waals surface area contributed by atoms with Gasteiger partial charge in [-0.2, -0.15) is 0 Å². The van der Waals surface area contributed by atoms with Crippen LogP contribution >= 0.6 is 0 Å². The van der Waals surface area contributed by atoms with Crippen molar-refractivity contribution >= 4 is 28.5 Å². The molecule has 4 heterocycles. The van der Waals surface area contributed by atoms with E-state index in [1.165, 1.54) is 0 Å². The number of rotatable bonds is 3. The van der Waals surface area contributed by atoms with Gasteiger partial charge in [0.15, 0.2) is 0 Å². The number of carbonyl (C=O) groups is 2. The van der Waals surface area contributed by atoms with Crippen molar-refractivity contribution in [1.82, 2.24) is 15.2 Å². The number of benzene rings is 1. The number of nitrogens with one attached hydrogen (secondary N) is 1. The quantitative estimate of drug-likeness (QED) is 0.872. The van der Waals surface area contributed by atoms with Gasteiger partial charge in [0.2, 0.25) is 11.8 Å². The Morgan fingerprint density at radius 3 is 2.86 bits per heavy atom. The van der Waals surface area contributed by atoms with Crippen LogP contribution in [0.5, 0.6) is 0 Å². The van der Waals surface area contributed by atoms with E-state index in [0.717, 1.165) is 49.1 Å². The average Bonchev–Trinajstić information content (AvgIpc) is 2.73. The Balaban J connectivity index is 1.45. The summed E-state index contributed by atoms with van der Waals surface area (Å²) in [7, 11) is 0. The Morgan fingerprint density at radius 1 is 1.17 bits per heavy atom. The van der Waals surface area contributed by atoms with Crippen LogP contribution in [0.25, 0.3) is 10.9 Å². The van der Waals surface area contributed by atoms with Gasteiger partial charge in [0.25, 0.3) is 0 Å². The molecule has 2 bridgehead atoms. The largest absolute Gasteiger partial charge is 0.356 e. The molecule has 6 nitrogen and oxygen atoms in total. The molecular formula is C23H28N4O2. The molecule has 3 saturated heterocycles. The van der Waals surface area contributed by atoms with Gasteiger partial charge in [-0.1, -0.05) is 18.2 Å². The molecule has 3 fully saturated rings. The predicted molar refractivity (Wildman–Crippen MR) is 113 cm³/mol. The molecular weight excluding hydrogens is 364 g/mol. The first-order valence-electron chi connectivity index (χ1n) is 10.8. The monoisotopic (exact) mass is 392 g/mol. The number of para-hydroxylation sites is 1. The molecule has 0 aliphatic carbocycles.